The molecule has 5 heteroatoms. The van der Waals surface area contributed by atoms with E-state index in [0.29, 0.717) is 18.9 Å². The molecule has 0 bridgehead atoms. The molecular formula is C26H32N4O. The van der Waals surface area contributed by atoms with Gasteiger partial charge in [-0.05, 0) is 73.9 Å². The van der Waals surface area contributed by atoms with Crippen molar-refractivity contribution in [2.24, 2.45) is 0 Å². The van der Waals surface area contributed by atoms with E-state index in [1.807, 2.05) is 50.8 Å². The van der Waals surface area contributed by atoms with Crippen LogP contribution >= 0.6 is 0 Å². The lowest BCUT2D eigenvalue weighted by Gasteiger charge is -2.18. The van der Waals surface area contributed by atoms with Gasteiger partial charge in [0.05, 0.1) is 24.0 Å². The Hall–Kier alpha value is -3.08. The molecule has 31 heavy (non-hydrogen) atoms. The number of carbonyl (C=O) groups excluding carboxylic acids is 1. The van der Waals surface area contributed by atoms with Gasteiger partial charge in [0, 0.05) is 30.7 Å². The molecule has 0 aliphatic heterocycles. The lowest BCUT2D eigenvalue weighted by Crippen LogP contribution is -2.24. The second-order valence-electron chi connectivity index (χ2n) is 8.09. The van der Waals surface area contributed by atoms with E-state index in [9.17, 15) is 4.79 Å². The van der Waals surface area contributed by atoms with E-state index in [1.165, 1.54) is 11.1 Å². The highest BCUT2D eigenvalue weighted by atomic mass is 16.1. The van der Waals surface area contributed by atoms with Crippen molar-refractivity contribution in [2.45, 2.75) is 59.3 Å². The molecule has 2 aromatic heterocycles. The number of aryl methyl sites for hydroxylation is 2. The number of pyridine rings is 1. The number of carbonyl (C=O) groups is 1. The summed E-state index contributed by atoms with van der Waals surface area (Å²) in [5.74, 6) is 0.428. The third kappa shape index (κ3) is 5.97. The van der Waals surface area contributed by atoms with E-state index in [0.717, 1.165) is 47.3 Å². The molecule has 0 fully saturated rings. The second kappa shape index (κ2) is 10.8. The Balaban J connectivity index is 1.81. The minimum Gasteiger partial charge on any atom is -0.356 e. The number of hydrogen-bond acceptors (Lipinski definition) is 4. The number of aromatic nitrogens is 3. The fourth-order valence-electron chi connectivity index (χ4n) is 4.00. The maximum absolute atomic E-state index is 11.9. The standard InChI is InChI=1S/C26H32N4O/c1-5-7-21(24-16-27-11-10-18(24)3)13-23-15-28-17-25(30-23)22-9-8-20(19(4)12-22)14-26(31)29-6-2/h8-12,15-17,21H,5-7,13-14H2,1-4H3,(H,29,31). The Morgan fingerprint density at radius 2 is 1.87 bits per heavy atom. The highest BCUT2D eigenvalue weighted by molar-refractivity contribution is 5.79. The maximum Gasteiger partial charge on any atom is 0.224 e. The lowest BCUT2D eigenvalue weighted by molar-refractivity contribution is -0.120. The molecule has 2 heterocycles. The van der Waals surface area contributed by atoms with Crippen LogP contribution < -0.4 is 5.32 Å². The Bertz CT molecular complexity index is 1030. The molecule has 1 aromatic carbocycles. The summed E-state index contributed by atoms with van der Waals surface area (Å²) in [5.41, 5.74) is 7.57. The maximum atomic E-state index is 11.9. The van der Waals surface area contributed by atoms with Crippen LogP contribution in [0.15, 0.2) is 49.1 Å². The minimum absolute atomic E-state index is 0.0489. The van der Waals surface area contributed by atoms with E-state index in [-0.39, 0.29) is 5.91 Å². The molecule has 1 N–H and O–H groups in total. The van der Waals surface area contributed by atoms with Crippen molar-refractivity contribution < 1.29 is 4.79 Å². The zero-order chi connectivity index (χ0) is 22.2. The molecule has 3 aromatic rings. The van der Waals surface area contributed by atoms with Crippen molar-refractivity contribution in [3.8, 4) is 11.3 Å². The van der Waals surface area contributed by atoms with Gasteiger partial charge in [0.15, 0.2) is 0 Å². The molecule has 0 spiro atoms. The first-order valence-corrected chi connectivity index (χ1v) is 11.1. The van der Waals surface area contributed by atoms with Crippen LogP contribution in [0.2, 0.25) is 0 Å². The summed E-state index contributed by atoms with van der Waals surface area (Å²) >= 11 is 0. The Morgan fingerprint density at radius 1 is 1.03 bits per heavy atom. The molecule has 0 saturated heterocycles. The molecular weight excluding hydrogens is 384 g/mol. The highest BCUT2D eigenvalue weighted by Gasteiger charge is 2.16. The average Bonchev–Trinajstić information content (AvgIpc) is 2.76. The number of benzene rings is 1. The smallest absolute Gasteiger partial charge is 0.224 e. The predicted octanol–water partition coefficient (Wildman–Crippen LogP) is 4.96. The van der Waals surface area contributed by atoms with Gasteiger partial charge in [-0.2, -0.15) is 0 Å². The number of rotatable bonds is 9. The fourth-order valence-corrected chi connectivity index (χ4v) is 4.00. The van der Waals surface area contributed by atoms with Gasteiger partial charge < -0.3 is 5.32 Å². The van der Waals surface area contributed by atoms with Crippen molar-refractivity contribution in [3.05, 3.63) is 77.0 Å². The summed E-state index contributed by atoms with van der Waals surface area (Å²) in [6.45, 7) is 8.98. The van der Waals surface area contributed by atoms with Crippen molar-refractivity contribution in [1.29, 1.82) is 0 Å². The van der Waals surface area contributed by atoms with Crippen molar-refractivity contribution in [3.63, 3.8) is 0 Å². The molecule has 0 aliphatic rings. The number of nitrogens with zero attached hydrogens (tertiary/aromatic N) is 3. The van der Waals surface area contributed by atoms with Gasteiger partial charge >= 0.3 is 0 Å². The van der Waals surface area contributed by atoms with Crippen LogP contribution in [0.4, 0.5) is 0 Å². The summed E-state index contributed by atoms with van der Waals surface area (Å²) in [5, 5.41) is 2.86. The third-order valence-corrected chi connectivity index (χ3v) is 5.66. The minimum atomic E-state index is 0.0489. The zero-order valence-electron chi connectivity index (χ0n) is 19.0. The van der Waals surface area contributed by atoms with E-state index in [4.69, 9.17) is 4.98 Å². The van der Waals surface area contributed by atoms with Crippen LogP contribution in [0.25, 0.3) is 11.3 Å². The Labute approximate surface area is 185 Å². The number of hydrogen-bond donors (Lipinski definition) is 1. The topological polar surface area (TPSA) is 67.8 Å². The van der Waals surface area contributed by atoms with E-state index >= 15 is 0 Å². The summed E-state index contributed by atoms with van der Waals surface area (Å²) in [4.78, 5) is 25.7. The Kier molecular flexibility index (Phi) is 7.88. The lowest BCUT2D eigenvalue weighted by atomic mass is 9.89. The molecule has 0 aliphatic carbocycles. The van der Waals surface area contributed by atoms with Gasteiger partial charge in [-0.25, -0.2) is 4.98 Å². The zero-order valence-corrected chi connectivity index (χ0v) is 19.0. The molecule has 3 rings (SSSR count). The van der Waals surface area contributed by atoms with Crippen LogP contribution in [0.1, 0.15) is 60.6 Å². The highest BCUT2D eigenvalue weighted by Crippen LogP contribution is 2.28. The van der Waals surface area contributed by atoms with Crippen molar-refractivity contribution in [1.82, 2.24) is 20.3 Å². The van der Waals surface area contributed by atoms with Gasteiger partial charge in [-0.1, -0.05) is 25.5 Å². The third-order valence-electron chi connectivity index (χ3n) is 5.66. The molecule has 0 saturated carbocycles. The fraction of sp³-hybridized carbons (Fsp3) is 0.385. The summed E-state index contributed by atoms with van der Waals surface area (Å²) in [6, 6.07) is 8.22. The van der Waals surface area contributed by atoms with Gasteiger partial charge in [0.1, 0.15) is 0 Å². The van der Waals surface area contributed by atoms with Crippen molar-refractivity contribution in [2.75, 3.05) is 6.54 Å². The summed E-state index contributed by atoms with van der Waals surface area (Å²) in [6.07, 6.45) is 11.0. The van der Waals surface area contributed by atoms with Crippen LogP contribution in [-0.4, -0.2) is 27.4 Å². The van der Waals surface area contributed by atoms with Crippen LogP contribution in [0, 0.1) is 13.8 Å². The molecule has 0 radical (unpaired) electrons. The number of amides is 1. The number of nitrogens with one attached hydrogen (secondary N) is 1. The van der Waals surface area contributed by atoms with Gasteiger partial charge in [0.25, 0.3) is 0 Å². The van der Waals surface area contributed by atoms with Gasteiger partial charge in [-0.15, -0.1) is 0 Å². The van der Waals surface area contributed by atoms with Crippen LogP contribution in [-0.2, 0) is 17.6 Å². The first kappa shape index (κ1) is 22.6. The van der Waals surface area contributed by atoms with Crippen LogP contribution in [0.3, 0.4) is 0 Å². The monoisotopic (exact) mass is 416 g/mol. The first-order chi connectivity index (χ1) is 15.0. The number of likely N-dealkylation sites (N-methyl/N-ethyl adjacent to an activating group) is 1. The average molecular weight is 417 g/mol. The molecule has 5 nitrogen and oxygen atoms in total. The van der Waals surface area contributed by atoms with Gasteiger partial charge in [0.2, 0.25) is 5.91 Å². The van der Waals surface area contributed by atoms with E-state index in [2.05, 4.69) is 41.3 Å². The SMILES string of the molecule is CCCC(Cc1cncc(-c2ccc(CC(=O)NCC)c(C)c2)n1)c1cnccc1C. The van der Waals surface area contributed by atoms with Crippen molar-refractivity contribution >= 4 is 5.91 Å². The molecule has 1 amide bonds. The molecule has 1 unspecified atom stereocenters. The quantitative estimate of drug-likeness (QED) is 0.535. The molecule has 162 valence electrons. The Morgan fingerprint density at radius 3 is 2.58 bits per heavy atom. The van der Waals surface area contributed by atoms with Gasteiger partial charge in [-0.3, -0.25) is 14.8 Å². The first-order valence-electron chi connectivity index (χ1n) is 11.1. The predicted molar refractivity (Wildman–Crippen MR) is 125 cm³/mol. The molecule has 1 atom stereocenters. The largest absolute Gasteiger partial charge is 0.356 e. The summed E-state index contributed by atoms with van der Waals surface area (Å²) in [7, 11) is 0. The van der Waals surface area contributed by atoms with E-state index in [1.54, 1.807) is 0 Å². The summed E-state index contributed by atoms with van der Waals surface area (Å²) < 4.78 is 0. The normalized spacial score (nSPS) is 11.9. The van der Waals surface area contributed by atoms with E-state index < -0.39 is 0 Å². The second-order valence-corrected chi connectivity index (χ2v) is 8.09. The van der Waals surface area contributed by atoms with Crippen LogP contribution in [0.5, 0.6) is 0 Å².